The van der Waals surface area contributed by atoms with E-state index in [0.29, 0.717) is 24.5 Å². The first-order chi connectivity index (χ1) is 11.1. The Bertz CT molecular complexity index is 649. The van der Waals surface area contributed by atoms with E-state index in [1.165, 1.54) is 5.56 Å². The topological polar surface area (TPSA) is 45.1 Å². The molecule has 0 unspecified atom stereocenters. The van der Waals surface area contributed by atoms with Crippen LogP contribution < -0.4 is 4.74 Å². The Morgan fingerprint density at radius 1 is 1.09 bits per heavy atom. The molecule has 0 heterocycles. The Kier molecular flexibility index (Phi) is 6.18. The number of para-hydroxylation sites is 1. The predicted molar refractivity (Wildman–Crippen MR) is 94.4 cm³/mol. The molecule has 2 rings (SSSR count). The third kappa shape index (κ3) is 5.11. The van der Waals surface area contributed by atoms with E-state index in [1.807, 2.05) is 19.1 Å². The summed E-state index contributed by atoms with van der Waals surface area (Å²) >= 11 is 0. The molecule has 0 atom stereocenters. The van der Waals surface area contributed by atoms with E-state index >= 15 is 0 Å². The third-order valence-corrected chi connectivity index (χ3v) is 3.36. The molecule has 122 valence electrons. The van der Waals surface area contributed by atoms with Gasteiger partial charge in [-0.1, -0.05) is 30.3 Å². The number of phenolic OH excluding ortho intramolecular Hbond substituents is 1. The third-order valence-electron chi connectivity index (χ3n) is 3.36. The molecule has 4 heteroatoms. The van der Waals surface area contributed by atoms with Gasteiger partial charge in [-0.25, -0.2) is 0 Å². The Balaban J connectivity index is 2.00. The molecule has 0 bridgehead atoms. The number of ether oxygens (including phenoxy) is 1. The zero-order valence-corrected chi connectivity index (χ0v) is 14.0. The average molecular weight is 312 g/mol. The van der Waals surface area contributed by atoms with Gasteiger partial charge in [0, 0.05) is 18.3 Å². The van der Waals surface area contributed by atoms with Crippen molar-refractivity contribution in [1.29, 1.82) is 0 Å². The first kappa shape index (κ1) is 17.0. The molecule has 0 radical (unpaired) electrons. The molecule has 0 aliphatic heterocycles. The van der Waals surface area contributed by atoms with Gasteiger partial charge >= 0.3 is 0 Å². The van der Waals surface area contributed by atoms with Crippen LogP contribution in [0.3, 0.4) is 0 Å². The monoisotopic (exact) mass is 312 g/mol. The molecule has 2 aromatic carbocycles. The number of aliphatic imine (C=N–C) groups is 1. The summed E-state index contributed by atoms with van der Waals surface area (Å²) in [4.78, 5) is 6.55. The van der Waals surface area contributed by atoms with Crippen molar-refractivity contribution in [3.63, 3.8) is 0 Å². The summed E-state index contributed by atoms with van der Waals surface area (Å²) in [5, 5.41) is 10.1. The Hall–Kier alpha value is -2.33. The predicted octanol–water partition coefficient (Wildman–Crippen LogP) is 3.47. The molecule has 0 aliphatic rings. The average Bonchev–Trinajstić information content (AvgIpc) is 2.52. The Morgan fingerprint density at radius 3 is 2.43 bits per heavy atom. The summed E-state index contributed by atoms with van der Waals surface area (Å²) in [7, 11) is 4.11. The number of hydrogen-bond acceptors (Lipinski definition) is 4. The minimum absolute atomic E-state index is 0.138. The first-order valence-corrected chi connectivity index (χ1v) is 7.77. The SMILES string of the molecule is CCOc1cccc(C=NCc2ccc(CN(C)C)cc2)c1O. The number of nitrogens with zero attached hydrogens (tertiary/aromatic N) is 2. The highest BCUT2D eigenvalue weighted by Crippen LogP contribution is 2.28. The first-order valence-electron chi connectivity index (χ1n) is 7.77. The molecule has 1 N–H and O–H groups in total. The number of hydrogen-bond donors (Lipinski definition) is 1. The highest BCUT2D eigenvalue weighted by Gasteiger charge is 2.05. The largest absolute Gasteiger partial charge is 0.504 e. The fourth-order valence-corrected chi connectivity index (χ4v) is 2.28. The van der Waals surface area contributed by atoms with Crippen LogP contribution in [0.1, 0.15) is 23.6 Å². The van der Waals surface area contributed by atoms with Crippen molar-refractivity contribution in [2.75, 3.05) is 20.7 Å². The zero-order valence-electron chi connectivity index (χ0n) is 14.0. The molecule has 0 amide bonds. The van der Waals surface area contributed by atoms with Gasteiger partial charge in [0.05, 0.1) is 13.2 Å². The molecule has 0 aromatic heterocycles. The van der Waals surface area contributed by atoms with E-state index in [0.717, 1.165) is 12.1 Å². The van der Waals surface area contributed by atoms with Crippen LogP contribution in [0.15, 0.2) is 47.5 Å². The second kappa shape index (κ2) is 8.34. The van der Waals surface area contributed by atoms with Crippen LogP contribution in [0.5, 0.6) is 11.5 Å². The van der Waals surface area contributed by atoms with Crippen LogP contribution >= 0.6 is 0 Å². The van der Waals surface area contributed by atoms with Crippen LogP contribution in [0.4, 0.5) is 0 Å². The lowest BCUT2D eigenvalue weighted by molar-refractivity contribution is 0.318. The second-order valence-electron chi connectivity index (χ2n) is 5.65. The molecule has 0 saturated carbocycles. The fourth-order valence-electron chi connectivity index (χ4n) is 2.28. The van der Waals surface area contributed by atoms with Gasteiger partial charge in [-0.05, 0) is 44.3 Å². The number of benzene rings is 2. The lowest BCUT2D eigenvalue weighted by atomic mass is 10.1. The summed E-state index contributed by atoms with van der Waals surface area (Å²) < 4.78 is 5.37. The van der Waals surface area contributed by atoms with E-state index in [2.05, 4.69) is 48.3 Å². The second-order valence-corrected chi connectivity index (χ2v) is 5.65. The molecule has 23 heavy (non-hydrogen) atoms. The number of aromatic hydroxyl groups is 1. The van der Waals surface area contributed by atoms with Crippen LogP contribution in [0.25, 0.3) is 0 Å². The highest BCUT2D eigenvalue weighted by atomic mass is 16.5. The van der Waals surface area contributed by atoms with Crippen LogP contribution in [0, 0.1) is 0 Å². The highest BCUT2D eigenvalue weighted by molar-refractivity contribution is 5.84. The van der Waals surface area contributed by atoms with E-state index in [9.17, 15) is 5.11 Å². The molecular formula is C19H24N2O2. The van der Waals surface area contributed by atoms with Gasteiger partial charge in [0.1, 0.15) is 0 Å². The Labute approximate surface area is 138 Å². The molecule has 0 aliphatic carbocycles. The van der Waals surface area contributed by atoms with Gasteiger partial charge in [-0.3, -0.25) is 4.99 Å². The van der Waals surface area contributed by atoms with Crippen LogP contribution in [0.2, 0.25) is 0 Å². The van der Waals surface area contributed by atoms with Crippen molar-refractivity contribution >= 4 is 6.21 Å². The molecule has 0 saturated heterocycles. The smallest absolute Gasteiger partial charge is 0.166 e. The van der Waals surface area contributed by atoms with Gasteiger partial charge < -0.3 is 14.7 Å². The summed E-state index contributed by atoms with van der Waals surface area (Å²) in [6.45, 7) is 3.93. The number of phenols is 1. The van der Waals surface area contributed by atoms with Crippen molar-refractivity contribution in [2.45, 2.75) is 20.0 Å². The maximum absolute atomic E-state index is 10.1. The van der Waals surface area contributed by atoms with Crippen LogP contribution in [-0.4, -0.2) is 36.9 Å². The van der Waals surface area contributed by atoms with Crippen molar-refractivity contribution < 1.29 is 9.84 Å². The minimum atomic E-state index is 0.138. The van der Waals surface area contributed by atoms with E-state index in [-0.39, 0.29) is 5.75 Å². The summed E-state index contributed by atoms with van der Waals surface area (Å²) in [5.41, 5.74) is 3.09. The molecule has 0 spiro atoms. The minimum Gasteiger partial charge on any atom is -0.504 e. The van der Waals surface area contributed by atoms with E-state index in [4.69, 9.17) is 4.74 Å². The van der Waals surface area contributed by atoms with Crippen molar-refractivity contribution in [3.05, 3.63) is 59.2 Å². The van der Waals surface area contributed by atoms with Gasteiger partial charge in [0.2, 0.25) is 0 Å². The van der Waals surface area contributed by atoms with Crippen molar-refractivity contribution in [2.24, 2.45) is 4.99 Å². The summed E-state index contributed by atoms with van der Waals surface area (Å²) in [5.74, 6) is 0.629. The molecule has 2 aromatic rings. The molecule has 0 fully saturated rings. The lowest BCUT2D eigenvalue weighted by Gasteiger charge is -2.09. The van der Waals surface area contributed by atoms with Crippen molar-refractivity contribution in [1.82, 2.24) is 4.90 Å². The quantitative estimate of drug-likeness (QED) is 0.796. The van der Waals surface area contributed by atoms with Crippen LogP contribution in [-0.2, 0) is 13.1 Å². The van der Waals surface area contributed by atoms with Gasteiger partial charge in [-0.15, -0.1) is 0 Å². The lowest BCUT2D eigenvalue weighted by Crippen LogP contribution is -2.10. The number of rotatable bonds is 7. The fraction of sp³-hybridized carbons (Fsp3) is 0.316. The van der Waals surface area contributed by atoms with Gasteiger partial charge in [0.25, 0.3) is 0 Å². The van der Waals surface area contributed by atoms with Gasteiger partial charge in [0.15, 0.2) is 11.5 Å². The van der Waals surface area contributed by atoms with E-state index in [1.54, 1.807) is 12.3 Å². The maximum atomic E-state index is 10.1. The Morgan fingerprint density at radius 2 is 1.78 bits per heavy atom. The van der Waals surface area contributed by atoms with Crippen molar-refractivity contribution in [3.8, 4) is 11.5 Å². The zero-order chi connectivity index (χ0) is 16.7. The molecular weight excluding hydrogens is 288 g/mol. The van der Waals surface area contributed by atoms with Gasteiger partial charge in [-0.2, -0.15) is 0 Å². The normalized spacial score (nSPS) is 11.3. The summed E-state index contributed by atoms with van der Waals surface area (Å²) in [6.07, 6.45) is 1.69. The van der Waals surface area contributed by atoms with E-state index < -0.39 is 0 Å². The molecule has 4 nitrogen and oxygen atoms in total. The maximum Gasteiger partial charge on any atom is 0.166 e. The summed E-state index contributed by atoms with van der Waals surface area (Å²) in [6, 6.07) is 13.8. The standard InChI is InChI=1S/C19H24N2O2/c1-4-23-18-7-5-6-17(19(18)22)13-20-12-15-8-10-16(11-9-15)14-21(2)3/h5-11,13,22H,4,12,14H2,1-3H3.